The molecule has 8 heteroatoms. The summed E-state index contributed by atoms with van der Waals surface area (Å²) < 4.78 is 0. The van der Waals surface area contributed by atoms with Crippen molar-refractivity contribution in [1.82, 2.24) is 10.3 Å². The van der Waals surface area contributed by atoms with Gasteiger partial charge in [-0.3, -0.25) is 10.1 Å². The Bertz CT molecular complexity index is 448. The molecule has 0 radical (unpaired) electrons. The number of nitrogens with two attached hydrogens (primary N) is 1. The summed E-state index contributed by atoms with van der Waals surface area (Å²) >= 11 is 0. The summed E-state index contributed by atoms with van der Waals surface area (Å²) in [5, 5.41) is 13.2. The lowest BCUT2D eigenvalue weighted by molar-refractivity contribution is -0.140. The first-order valence-electron chi connectivity index (χ1n) is 4.98. The second-order valence-corrected chi connectivity index (χ2v) is 3.37. The van der Waals surface area contributed by atoms with Crippen molar-refractivity contribution in [1.29, 1.82) is 0 Å². The van der Waals surface area contributed by atoms with Crippen molar-refractivity contribution in [2.45, 2.75) is 12.5 Å². The Morgan fingerprint density at radius 2 is 2.11 bits per heavy atom. The summed E-state index contributed by atoms with van der Waals surface area (Å²) in [4.78, 5) is 36.6. The molecule has 0 aromatic carbocycles. The maximum absolute atomic E-state index is 11.4. The molecule has 1 aromatic heterocycles. The lowest BCUT2D eigenvalue weighted by Crippen LogP contribution is -2.45. The van der Waals surface area contributed by atoms with Crippen LogP contribution in [0.1, 0.15) is 6.42 Å². The number of amides is 3. The first-order chi connectivity index (χ1) is 8.49. The van der Waals surface area contributed by atoms with Crippen LogP contribution in [0.25, 0.3) is 0 Å². The zero-order valence-electron chi connectivity index (χ0n) is 9.29. The molecule has 1 rings (SSSR count). The minimum atomic E-state index is -1.37. The molecule has 0 aliphatic carbocycles. The molecule has 96 valence electrons. The maximum Gasteiger partial charge on any atom is 0.326 e. The topological polar surface area (TPSA) is 134 Å². The van der Waals surface area contributed by atoms with E-state index in [1.807, 2.05) is 0 Å². The molecule has 0 fully saturated rings. The van der Waals surface area contributed by atoms with Gasteiger partial charge in [0.05, 0.1) is 6.42 Å². The Hall–Kier alpha value is -2.64. The van der Waals surface area contributed by atoms with Crippen LogP contribution < -0.4 is 16.4 Å². The minimum absolute atomic E-state index is 0.262. The lowest BCUT2D eigenvalue weighted by atomic mass is 10.2. The molecule has 0 spiro atoms. The lowest BCUT2D eigenvalue weighted by Gasteiger charge is -2.13. The van der Waals surface area contributed by atoms with Crippen LogP contribution in [0.4, 0.5) is 10.6 Å². The number of carbonyl (C=O) groups excluding carboxylic acids is 2. The van der Waals surface area contributed by atoms with Crippen molar-refractivity contribution in [2.75, 3.05) is 5.32 Å². The predicted molar refractivity (Wildman–Crippen MR) is 61.6 cm³/mol. The number of primary amides is 1. The number of urea groups is 1. The highest BCUT2D eigenvalue weighted by molar-refractivity contribution is 5.93. The van der Waals surface area contributed by atoms with E-state index >= 15 is 0 Å². The van der Waals surface area contributed by atoms with E-state index in [1.54, 1.807) is 12.1 Å². The van der Waals surface area contributed by atoms with Crippen LogP contribution in [0.15, 0.2) is 24.4 Å². The summed E-state index contributed by atoms with van der Waals surface area (Å²) in [6.45, 7) is 0. The standard InChI is InChI=1S/C10H12N4O4/c11-7(15)5-6(9(16)17)13-10(18)14-8-3-1-2-4-12-8/h1-4,6H,5H2,(H2,11,15)(H,16,17)(H2,12,13,14,18). The van der Waals surface area contributed by atoms with Gasteiger partial charge in [0.15, 0.2) is 0 Å². The fraction of sp³-hybridized carbons (Fsp3) is 0.200. The number of pyridine rings is 1. The molecule has 1 aromatic rings. The molecule has 5 N–H and O–H groups in total. The van der Waals surface area contributed by atoms with Crippen LogP contribution in [0.2, 0.25) is 0 Å². The van der Waals surface area contributed by atoms with E-state index in [2.05, 4.69) is 15.6 Å². The Balaban J connectivity index is 2.56. The molecule has 8 nitrogen and oxygen atoms in total. The number of carboxylic acid groups (broad SMARTS) is 1. The number of hydrogen-bond donors (Lipinski definition) is 4. The van der Waals surface area contributed by atoms with Crippen molar-refractivity contribution in [3.63, 3.8) is 0 Å². The molecule has 0 aliphatic heterocycles. The maximum atomic E-state index is 11.4. The van der Waals surface area contributed by atoms with Gasteiger partial charge in [-0.2, -0.15) is 0 Å². The molecule has 1 unspecified atom stereocenters. The molecular weight excluding hydrogens is 240 g/mol. The minimum Gasteiger partial charge on any atom is -0.480 e. The first kappa shape index (κ1) is 13.4. The first-order valence-corrected chi connectivity index (χ1v) is 4.98. The number of hydrogen-bond acceptors (Lipinski definition) is 4. The van der Waals surface area contributed by atoms with Gasteiger partial charge < -0.3 is 16.2 Å². The van der Waals surface area contributed by atoms with Gasteiger partial charge in [0.25, 0.3) is 0 Å². The van der Waals surface area contributed by atoms with E-state index in [4.69, 9.17) is 10.8 Å². The van der Waals surface area contributed by atoms with Crippen LogP contribution in [0.5, 0.6) is 0 Å². The summed E-state index contributed by atoms with van der Waals surface area (Å²) in [5.41, 5.74) is 4.87. The quantitative estimate of drug-likeness (QED) is 0.562. The Morgan fingerprint density at radius 1 is 1.39 bits per heavy atom. The smallest absolute Gasteiger partial charge is 0.326 e. The zero-order valence-corrected chi connectivity index (χ0v) is 9.29. The number of anilines is 1. The molecule has 18 heavy (non-hydrogen) atoms. The van der Waals surface area contributed by atoms with E-state index in [1.165, 1.54) is 12.3 Å². The number of nitrogens with zero attached hydrogens (tertiary/aromatic N) is 1. The fourth-order valence-corrected chi connectivity index (χ4v) is 1.15. The number of aromatic nitrogens is 1. The predicted octanol–water partition coefficient (Wildman–Crippen LogP) is -0.468. The van der Waals surface area contributed by atoms with E-state index < -0.39 is 30.4 Å². The van der Waals surface area contributed by atoms with Crippen molar-refractivity contribution >= 4 is 23.7 Å². The largest absolute Gasteiger partial charge is 0.480 e. The van der Waals surface area contributed by atoms with Gasteiger partial charge >= 0.3 is 12.0 Å². The number of nitrogens with one attached hydrogen (secondary N) is 2. The highest BCUT2D eigenvalue weighted by Crippen LogP contribution is 2.00. The molecule has 0 saturated heterocycles. The average molecular weight is 252 g/mol. The summed E-state index contributed by atoms with van der Waals surface area (Å²) in [6.07, 6.45) is 0.985. The van der Waals surface area contributed by atoms with E-state index in [-0.39, 0.29) is 5.82 Å². The third-order valence-electron chi connectivity index (χ3n) is 1.92. The number of carboxylic acids is 1. The van der Waals surface area contributed by atoms with Gasteiger partial charge in [-0.1, -0.05) is 6.07 Å². The van der Waals surface area contributed by atoms with Crippen LogP contribution in [0, 0.1) is 0 Å². The van der Waals surface area contributed by atoms with Gasteiger partial charge in [0, 0.05) is 6.20 Å². The average Bonchev–Trinajstić information content (AvgIpc) is 2.28. The van der Waals surface area contributed by atoms with E-state index in [9.17, 15) is 14.4 Å². The third kappa shape index (κ3) is 4.47. The Morgan fingerprint density at radius 3 is 2.61 bits per heavy atom. The molecule has 0 bridgehead atoms. The zero-order chi connectivity index (χ0) is 13.5. The van der Waals surface area contributed by atoms with E-state index in [0.717, 1.165) is 0 Å². The molecular formula is C10H12N4O4. The van der Waals surface area contributed by atoms with Crippen molar-refractivity contribution in [3.8, 4) is 0 Å². The van der Waals surface area contributed by atoms with Crippen LogP contribution >= 0.6 is 0 Å². The summed E-state index contributed by atoms with van der Waals surface area (Å²) in [7, 11) is 0. The Labute approximate surface area is 102 Å². The molecule has 1 atom stereocenters. The van der Waals surface area contributed by atoms with Crippen LogP contribution in [0.3, 0.4) is 0 Å². The van der Waals surface area contributed by atoms with Gasteiger partial charge in [0.1, 0.15) is 11.9 Å². The van der Waals surface area contributed by atoms with Gasteiger partial charge in [-0.15, -0.1) is 0 Å². The van der Waals surface area contributed by atoms with Crippen molar-refractivity contribution in [2.24, 2.45) is 5.73 Å². The van der Waals surface area contributed by atoms with Gasteiger partial charge in [-0.25, -0.2) is 14.6 Å². The number of aliphatic carboxylic acids is 1. The summed E-state index contributed by atoms with van der Waals surface area (Å²) in [5.74, 6) is -1.90. The molecule has 3 amide bonds. The summed E-state index contributed by atoms with van der Waals surface area (Å²) in [6, 6.07) is 2.70. The third-order valence-corrected chi connectivity index (χ3v) is 1.92. The monoisotopic (exact) mass is 252 g/mol. The number of carbonyl (C=O) groups is 3. The molecule has 0 aliphatic rings. The van der Waals surface area contributed by atoms with E-state index in [0.29, 0.717) is 0 Å². The fourth-order valence-electron chi connectivity index (χ4n) is 1.15. The molecule has 1 heterocycles. The number of rotatable bonds is 5. The highest BCUT2D eigenvalue weighted by Gasteiger charge is 2.22. The normalized spacial score (nSPS) is 11.3. The van der Waals surface area contributed by atoms with Crippen LogP contribution in [-0.4, -0.2) is 34.0 Å². The molecule has 0 saturated carbocycles. The van der Waals surface area contributed by atoms with Gasteiger partial charge in [0.2, 0.25) is 5.91 Å². The highest BCUT2D eigenvalue weighted by atomic mass is 16.4. The van der Waals surface area contributed by atoms with Crippen molar-refractivity contribution < 1.29 is 19.5 Å². The Kier molecular flexibility index (Phi) is 4.61. The second-order valence-electron chi connectivity index (χ2n) is 3.37. The second kappa shape index (κ2) is 6.18. The SMILES string of the molecule is NC(=O)CC(NC(=O)Nc1ccccn1)C(=O)O. The van der Waals surface area contributed by atoms with Crippen LogP contribution in [-0.2, 0) is 9.59 Å². The van der Waals surface area contributed by atoms with Gasteiger partial charge in [-0.05, 0) is 12.1 Å². The van der Waals surface area contributed by atoms with Crippen molar-refractivity contribution in [3.05, 3.63) is 24.4 Å².